The molecule has 0 saturated carbocycles. The molecular formula is C15H14FNO7S. The third kappa shape index (κ3) is 3.47. The number of carboxylic acids is 1. The summed E-state index contributed by atoms with van der Waals surface area (Å²) < 4.78 is 24.5. The van der Waals surface area contributed by atoms with Crippen LogP contribution in [-0.2, 0) is 14.3 Å². The van der Waals surface area contributed by atoms with E-state index in [2.05, 4.69) is 4.98 Å². The molecule has 1 fully saturated rings. The maximum Gasteiger partial charge on any atom is 0.340 e. The number of carboxylic acid groups (broad SMARTS) is 1. The van der Waals surface area contributed by atoms with E-state index in [-0.39, 0.29) is 17.5 Å². The van der Waals surface area contributed by atoms with Gasteiger partial charge in [0, 0.05) is 6.42 Å². The van der Waals surface area contributed by atoms with Crippen LogP contribution in [0.4, 0.5) is 4.39 Å². The number of hydrogen-bond acceptors (Lipinski definition) is 8. The number of benzene rings is 1. The highest BCUT2D eigenvalue weighted by molar-refractivity contribution is 7.18. The fourth-order valence-corrected chi connectivity index (χ4v) is 3.40. The van der Waals surface area contributed by atoms with Crippen molar-refractivity contribution in [1.29, 1.82) is 0 Å². The number of carbonyl (C=O) groups is 2. The molecule has 1 unspecified atom stereocenters. The number of esters is 1. The molecule has 3 rings (SSSR count). The van der Waals surface area contributed by atoms with Crippen molar-refractivity contribution < 1.29 is 38.8 Å². The highest BCUT2D eigenvalue weighted by Crippen LogP contribution is 2.27. The van der Waals surface area contributed by atoms with Crippen molar-refractivity contribution in [1.82, 2.24) is 4.98 Å². The molecule has 2 aromatic rings. The quantitative estimate of drug-likeness (QED) is 0.677. The Balaban J connectivity index is 1.79. The number of aliphatic hydroxyl groups is 2. The predicted octanol–water partition coefficient (Wildman–Crippen LogP) is 0.822. The maximum atomic E-state index is 14.0. The number of nitrogens with zero attached hydrogens (tertiary/aromatic N) is 1. The van der Waals surface area contributed by atoms with Crippen molar-refractivity contribution in [3.63, 3.8) is 0 Å². The second-order valence-corrected chi connectivity index (χ2v) is 6.80. The van der Waals surface area contributed by atoms with Crippen molar-refractivity contribution in [2.75, 3.05) is 0 Å². The SMILES string of the molecule is Cc1nc2c(F)cc(C(=O)O[C@H]3C[C@@H](O)C(O)[C@@H](C(=O)O)O3)cc2s1. The summed E-state index contributed by atoms with van der Waals surface area (Å²) >= 11 is 1.21. The number of aliphatic carboxylic acids is 1. The van der Waals surface area contributed by atoms with E-state index in [1.807, 2.05) is 0 Å². The highest BCUT2D eigenvalue weighted by atomic mass is 32.1. The molecule has 0 spiro atoms. The van der Waals surface area contributed by atoms with Crippen molar-refractivity contribution in [2.45, 2.75) is 37.9 Å². The van der Waals surface area contributed by atoms with Crippen LogP contribution in [0.1, 0.15) is 21.8 Å². The molecule has 0 aliphatic carbocycles. The standard InChI is InChI=1S/C15H14FNO7S/c1-5-17-11-7(16)2-6(3-9(11)25-5)15(22)24-10-4-8(18)12(19)13(23-10)14(20)21/h2-3,8,10,12-13,18-19H,4H2,1H3,(H,20,21)/t8-,10+,12?,13+/m1/s1. The Morgan fingerprint density at radius 3 is 2.80 bits per heavy atom. The summed E-state index contributed by atoms with van der Waals surface area (Å²) in [6, 6.07) is 2.38. The van der Waals surface area contributed by atoms with Crippen LogP contribution in [0.3, 0.4) is 0 Å². The molecule has 3 N–H and O–H groups in total. The van der Waals surface area contributed by atoms with Gasteiger partial charge in [0.25, 0.3) is 0 Å². The molecule has 2 heterocycles. The van der Waals surface area contributed by atoms with Gasteiger partial charge in [-0.15, -0.1) is 11.3 Å². The van der Waals surface area contributed by atoms with Gasteiger partial charge in [0.05, 0.1) is 21.4 Å². The van der Waals surface area contributed by atoms with Crippen LogP contribution < -0.4 is 0 Å². The van der Waals surface area contributed by atoms with Gasteiger partial charge in [-0.05, 0) is 19.1 Å². The van der Waals surface area contributed by atoms with E-state index < -0.39 is 42.4 Å². The lowest BCUT2D eigenvalue weighted by molar-refractivity contribution is -0.236. The summed E-state index contributed by atoms with van der Waals surface area (Å²) in [7, 11) is 0. The number of aryl methyl sites for hydroxylation is 1. The Bertz CT molecular complexity index is 839. The average Bonchev–Trinajstić information content (AvgIpc) is 2.91. The van der Waals surface area contributed by atoms with Crippen molar-refractivity contribution in [2.24, 2.45) is 0 Å². The van der Waals surface area contributed by atoms with E-state index in [9.17, 15) is 24.2 Å². The van der Waals surface area contributed by atoms with Gasteiger partial charge < -0.3 is 24.8 Å². The Hall–Kier alpha value is -2.14. The summed E-state index contributed by atoms with van der Waals surface area (Å²) in [5.41, 5.74) is 0.0576. The minimum atomic E-state index is -1.73. The molecule has 10 heteroatoms. The summed E-state index contributed by atoms with van der Waals surface area (Å²) in [4.78, 5) is 27.2. The monoisotopic (exact) mass is 371 g/mol. The minimum Gasteiger partial charge on any atom is -0.479 e. The van der Waals surface area contributed by atoms with Gasteiger partial charge in [-0.2, -0.15) is 0 Å². The molecule has 8 nitrogen and oxygen atoms in total. The van der Waals surface area contributed by atoms with Crippen LogP contribution in [0.15, 0.2) is 12.1 Å². The molecule has 0 amide bonds. The molecule has 1 saturated heterocycles. The normalized spacial score (nSPS) is 26.6. The lowest BCUT2D eigenvalue weighted by atomic mass is 10.0. The lowest BCUT2D eigenvalue weighted by Gasteiger charge is -2.34. The molecule has 1 aromatic heterocycles. The zero-order valence-corrected chi connectivity index (χ0v) is 13.7. The van der Waals surface area contributed by atoms with Crippen LogP contribution in [0, 0.1) is 12.7 Å². The first kappa shape index (κ1) is 17.7. The molecule has 134 valence electrons. The molecule has 25 heavy (non-hydrogen) atoms. The Kier molecular flexibility index (Phi) is 4.69. The smallest absolute Gasteiger partial charge is 0.340 e. The highest BCUT2D eigenvalue weighted by Gasteiger charge is 2.42. The number of halogens is 1. The molecule has 1 aromatic carbocycles. The zero-order chi connectivity index (χ0) is 18.3. The van der Waals surface area contributed by atoms with E-state index in [4.69, 9.17) is 14.6 Å². The number of thiazole rings is 1. The van der Waals surface area contributed by atoms with Crippen molar-refractivity contribution in [3.05, 3.63) is 28.5 Å². The Labute approximate surface area is 144 Å². The Morgan fingerprint density at radius 2 is 2.12 bits per heavy atom. The minimum absolute atomic E-state index is 0.0928. The summed E-state index contributed by atoms with van der Waals surface area (Å²) in [5.74, 6) is -3.12. The topological polar surface area (TPSA) is 126 Å². The summed E-state index contributed by atoms with van der Waals surface area (Å²) in [6.07, 6.45) is -6.49. The predicted molar refractivity (Wildman–Crippen MR) is 82.7 cm³/mol. The number of ether oxygens (including phenoxy) is 2. The van der Waals surface area contributed by atoms with Gasteiger partial charge in [-0.25, -0.2) is 19.0 Å². The fourth-order valence-electron chi connectivity index (χ4n) is 2.52. The van der Waals surface area contributed by atoms with Crippen LogP contribution >= 0.6 is 11.3 Å². The van der Waals surface area contributed by atoms with Gasteiger partial charge in [0.15, 0.2) is 11.9 Å². The molecule has 4 atom stereocenters. The molecule has 0 radical (unpaired) electrons. The second-order valence-electron chi connectivity index (χ2n) is 5.56. The third-order valence-electron chi connectivity index (χ3n) is 3.71. The van der Waals surface area contributed by atoms with Gasteiger partial charge in [-0.3, -0.25) is 0 Å². The first-order valence-electron chi connectivity index (χ1n) is 7.28. The zero-order valence-electron chi connectivity index (χ0n) is 12.9. The maximum absolute atomic E-state index is 14.0. The molecule has 1 aliphatic heterocycles. The number of aromatic nitrogens is 1. The van der Waals surface area contributed by atoms with E-state index >= 15 is 0 Å². The first-order valence-corrected chi connectivity index (χ1v) is 8.10. The van der Waals surface area contributed by atoms with Crippen molar-refractivity contribution >= 4 is 33.5 Å². The van der Waals surface area contributed by atoms with E-state index in [1.165, 1.54) is 17.4 Å². The van der Waals surface area contributed by atoms with E-state index in [1.54, 1.807) is 6.92 Å². The lowest BCUT2D eigenvalue weighted by Crippen LogP contribution is -2.52. The fraction of sp³-hybridized carbons (Fsp3) is 0.400. The van der Waals surface area contributed by atoms with Crippen LogP contribution in [0.5, 0.6) is 0 Å². The number of rotatable bonds is 3. The van der Waals surface area contributed by atoms with Gasteiger partial charge in [0.2, 0.25) is 6.29 Å². The van der Waals surface area contributed by atoms with Crippen LogP contribution in [0.25, 0.3) is 10.2 Å². The number of hydrogen-bond donors (Lipinski definition) is 3. The number of fused-ring (bicyclic) bond motifs is 1. The summed E-state index contributed by atoms with van der Waals surface area (Å²) in [5, 5.41) is 28.9. The third-order valence-corrected chi connectivity index (χ3v) is 4.63. The molecule has 0 bridgehead atoms. The van der Waals surface area contributed by atoms with Gasteiger partial charge in [-0.1, -0.05) is 0 Å². The molecule has 1 aliphatic rings. The molecular weight excluding hydrogens is 357 g/mol. The Morgan fingerprint density at radius 1 is 1.40 bits per heavy atom. The van der Waals surface area contributed by atoms with Gasteiger partial charge in [0.1, 0.15) is 11.6 Å². The van der Waals surface area contributed by atoms with E-state index in [0.717, 1.165) is 6.07 Å². The van der Waals surface area contributed by atoms with Crippen LogP contribution in [-0.4, -0.2) is 56.8 Å². The number of carbonyl (C=O) groups excluding carboxylic acids is 1. The van der Waals surface area contributed by atoms with E-state index in [0.29, 0.717) is 9.71 Å². The average molecular weight is 371 g/mol. The number of aliphatic hydroxyl groups excluding tert-OH is 2. The van der Waals surface area contributed by atoms with Crippen molar-refractivity contribution in [3.8, 4) is 0 Å². The van der Waals surface area contributed by atoms with Crippen LogP contribution in [0.2, 0.25) is 0 Å². The second kappa shape index (κ2) is 6.64. The largest absolute Gasteiger partial charge is 0.479 e. The van der Waals surface area contributed by atoms with Gasteiger partial charge >= 0.3 is 11.9 Å². The summed E-state index contributed by atoms with van der Waals surface area (Å²) in [6.45, 7) is 1.71. The first-order chi connectivity index (χ1) is 11.8.